The molecule has 7 fully saturated rings. The molecule has 13 heterocycles. The lowest BCUT2D eigenvalue weighted by atomic mass is 9.89. The van der Waals surface area contributed by atoms with Gasteiger partial charge in [0.2, 0.25) is 22.8 Å². The number of imidazole rings is 5. The topological polar surface area (TPSA) is 562 Å². The van der Waals surface area contributed by atoms with E-state index in [9.17, 15) is 45.7 Å². The van der Waals surface area contributed by atoms with Crippen LogP contribution in [0.5, 0.6) is 0 Å². The number of nitrogens with two attached hydrogens (primary N) is 2. The SMILES string of the molecule is C.C.C.CO.Clc1nc(Cl)c2cccn2n1.NC1CC(O)C1.Nc1cn(C2CC(O)C2)cn1.O=[N+]([O-])c1cn(C2CC(O)C2)cn1.O=[N+]([O-])c1cn([N+](=O)[O-])cn1.OC1CC(n2cnc(Nc3nc(Cl)nn4cccc34)c2)C1.OC[C@@H]1CCCN1.OC[C@@H]1CCCN1c1nc(Nc2cn(C3CC(O)C3)cn2)c2cccn2n1.[HH]. The van der Waals surface area contributed by atoms with E-state index in [0.717, 1.165) is 120 Å². The van der Waals surface area contributed by atoms with E-state index >= 15 is 0 Å². The number of anilines is 6. The van der Waals surface area contributed by atoms with Gasteiger partial charge in [0.15, 0.2) is 28.0 Å². The maximum absolute atomic E-state index is 10.3. The van der Waals surface area contributed by atoms with Crippen molar-refractivity contribution in [1.82, 2.24) is 97.0 Å². The molecule has 2 aliphatic heterocycles. The lowest BCUT2D eigenvalue weighted by molar-refractivity contribution is -0.542. The van der Waals surface area contributed by atoms with Crippen molar-refractivity contribution in [2.45, 2.75) is 185 Å². The number of aliphatic hydroxyl groups excluding tert-OH is 8. The fourth-order valence-electron chi connectivity index (χ4n) is 12.2. The van der Waals surface area contributed by atoms with Gasteiger partial charge in [0.05, 0.1) is 68.8 Å². The summed E-state index contributed by atoms with van der Waals surface area (Å²) < 4.78 is 13.2. The van der Waals surface area contributed by atoms with Gasteiger partial charge in [0, 0.05) is 88.5 Å². The van der Waals surface area contributed by atoms with Crippen molar-refractivity contribution in [3.63, 3.8) is 0 Å². The summed E-state index contributed by atoms with van der Waals surface area (Å²) in [7, 11) is 1.00. The molecule has 5 aliphatic carbocycles. The van der Waals surface area contributed by atoms with E-state index in [1.165, 1.54) is 18.9 Å². The van der Waals surface area contributed by atoms with Crippen molar-refractivity contribution in [2.24, 2.45) is 5.73 Å². The van der Waals surface area contributed by atoms with Gasteiger partial charge in [0.1, 0.15) is 40.2 Å². The molecule has 0 aromatic carbocycles. The summed E-state index contributed by atoms with van der Waals surface area (Å²) >= 11 is 17.2. The Balaban J connectivity index is 0.000000208. The van der Waals surface area contributed by atoms with Gasteiger partial charge in [-0.1, -0.05) is 33.9 Å². The molecular weight excluding hydrogens is 1530 g/mol. The van der Waals surface area contributed by atoms with E-state index in [-0.39, 0.29) is 89.3 Å². The highest BCUT2D eigenvalue weighted by Gasteiger charge is 2.33. The maximum Gasteiger partial charge on any atom is 0.388 e. The standard InChI is InChI=1S/C18H23N7O2.C13H13ClN6O.C7H9N3O3.C7H11N3O.C6H3Cl2N3.C5H11NO.C4H9NO.C3H2N4O4.CH4O.3CH4.H2/c26-10-12-3-1-5-24(12)18-21-17(15-4-2-6-25(15)22-18)20-16-9-23(11-19-16)13-7-14(27)8-13;14-13-17-12(10-2-1-3-20(10)18-13)16-11-6-19(7-15-11)8-4-9(21)5-8;11-6-1-5(2-6)9-3-7(8-4-9)10(12)13;8-7-3-10(4-9-7)5-1-6(11)2-5;7-5-4-2-1-3-11(4)10-6(8)9-5;7-4-5-2-1-3-6-5;5-3-1-4(6)2-3;8-6(9)3-1-5(2-4-3)7(10)11;1-2;;;;/h2,4,6,9,11-14,26-27H,1,3,5,7-8,10H2,(H,20,21,22);1-3,6-9,21H,4-5H2,(H,16,17,18);3-6,11H,1-2H2;3-6,11H,1-2,8H2;1-3H;5-7H,1-4H2;3-4,6H,1-2,5H2;1-2H;2H,1H3;3*1H4;1H/t12-,13?,14?;;;;;5-;;;;;;;/m0....0......./s1. The highest BCUT2D eigenvalue weighted by Crippen LogP contribution is 2.36. The van der Waals surface area contributed by atoms with E-state index in [1.54, 1.807) is 49.5 Å². The molecule has 5 saturated carbocycles. The third kappa shape index (κ3) is 23.9. The van der Waals surface area contributed by atoms with Crippen LogP contribution in [0.15, 0.2) is 118 Å². The highest BCUT2D eigenvalue weighted by atomic mass is 35.5. The molecule has 11 aromatic heterocycles. The number of nitrogen functional groups attached to an aromatic ring is 1. The van der Waals surface area contributed by atoms with Gasteiger partial charge in [-0.05, 0) is 181 Å². The zero-order chi connectivity index (χ0) is 78.0. The molecule has 0 unspecified atom stereocenters. The van der Waals surface area contributed by atoms with E-state index < -0.39 is 20.7 Å². The first-order valence-electron chi connectivity index (χ1n) is 34.7. The first-order valence-corrected chi connectivity index (χ1v) is 35.8. The number of nitrogens with zero attached hydrogens (tertiary/aromatic N) is 23. The number of hydrogen-bond acceptors (Lipinski definition) is 31. The summed E-state index contributed by atoms with van der Waals surface area (Å²) in [6.07, 6.45) is 31.9. The Morgan fingerprint density at radius 1 is 0.545 bits per heavy atom. The quantitative estimate of drug-likeness (QED) is 0.0392. The van der Waals surface area contributed by atoms with Crippen LogP contribution in [-0.2, 0) is 0 Å². The van der Waals surface area contributed by atoms with Crippen LogP contribution in [-0.4, -0.2) is 229 Å². The number of fused-ring (bicyclic) bond motifs is 3. The average molecular weight is 1630 g/mol. The molecule has 15 N–H and O–H groups in total. The van der Waals surface area contributed by atoms with Gasteiger partial charge in [-0.2, -0.15) is 9.97 Å². The summed E-state index contributed by atoms with van der Waals surface area (Å²) in [5.74, 6) is 3.18. The van der Waals surface area contributed by atoms with E-state index in [1.807, 2.05) is 74.9 Å². The summed E-state index contributed by atoms with van der Waals surface area (Å²) in [5.41, 5.74) is 13.2. The van der Waals surface area contributed by atoms with Crippen LogP contribution >= 0.6 is 34.8 Å². The van der Waals surface area contributed by atoms with Crippen LogP contribution in [0.3, 0.4) is 0 Å². The molecule has 2 saturated heterocycles. The Hall–Kier alpha value is -10.2. The van der Waals surface area contributed by atoms with Crippen LogP contribution in [0.1, 0.15) is 138 Å². The predicted octanol–water partition coefficient (Wildman–Crippen LogP) is 6.82. The first kappa shape index (κ1) is 89.0. The number of aromatic nitrogens is 19. The summed E-state index contributed by atoms with van der Waals surface area (Å²) in [6, 6.07) is 13.3. The molecule has 112 heavy (non-hydrogen) atoms. The predicted molar refractivity (Wildman–Crippen MR) is 418 cm³/mol. The molecule has 612 valence electrons. The van der Waals surface area contributed by atoms with E-state index in [4.69, 9.17) is 76.8 Å². The minimum Gasteiger partial charge on any atom is -0.400 e. The normalized spacial score (nSPS) is 22.5. The Morgan fingerprint density at radius 2 is 0.982 bits per heavy atom. The highest BCUT2D eigenvalue weighted by molar-refractivity contribution is 6.34. The van der Waals surface area contributed by atoms with Crippen LogP contribution in [0, 0.1) is 30.3 Å². The number of nitrogens with one attached hydrogen (secondary N) is 3. The third-order valence-corrected chi connectivity index (χ3v) is 19.1. The first-order chi connectivity index (χ1) is 52.4. The second-order valence-corrected chi connectivity index (χ2v) is 27.3. The molecule has 18 rings (SSSR count). The number of rotatable bonds is 14. The van der Waals surface area contributed by atoms with Gasteiger partial charge in [-0.25, -0.2) is 43.6 Å². The molecule has 7 aliphatic rings. The molecule has 11 aromatic rings. The molecule has 2 atom stereocenters. The third-order valence-electron chi connectivity index (χ3n) is 18.5. The summed E-state index contributed by atoms with van der Waals surface area (Å²) in [5, 5.41) is 123. The van der Waals surface area contributed by atoms with Crippen LogP contribution in [0.2, 0.25) is 15.7 Å². The molecular formula is C67H99Cl3N28O14. The van der Waals surface area contributed by atoms with Gasteiger partial charge in [-0.3, -0.25) is 0 Å². The van der Waals surface area contributed by atoms with Crippen LogP contribution in [0.25, 0.3) is 16.6 Å². The van der Waals surface area contributed by atoms with E-state index in [2.05, 4.69) is 71.0 Å². The number of nitro groups is 3. The summed E-state index contributed by atoms with van der Waals surface area (Å²) in [4.78, 5) is 63.1. The fourth-order valence-corrected chi connectivity index (χ4v) is 12.8. The lowest BCUT2D eigenvalue weighted by Crippen LogP contribution is -2.39. The van der Waals surface area contributed by atoms with Gasteiger partial charge in [-0.15, -0.1) is 15.3 Å². The minimum atomic E-state index is -0.819. The van der Waals surface area contributed by atoms with Gasteiger partial charge >= 0.3 is 11.6 Å². The Kier molecular flexibility index (Phi) is 33.3. The second kappa shape index (κ2) is 41.9. The van der Waals surface area contributed by atoms with Gasteiger partial charge < -0.3 is 112 Å². The minimum absolute atomic E-state index is 0. The van der Waals surface area contributed by atoms with Crippen LogP contribution < -0.4 is 32.3 Å². The fraction of sp³-hybridized carbons (Fsp3) is 0.507. The lowest BCUT2D eigenvalue weighted by Gasteiger charge is -2.32. The second-order valence-electron chi connectivity index (χ2n) is 26.3. The molecule has 0 bridgehead atoms. The largest absolute Gasteiger partial charge is 0.400 e. The summed E-state index contributed by atoms with van der Waals surface area (Å²) in [6.45, 7) is 2.34. The molecule has 0 spiro atoms. The molecule has 0 radical (unpaired) electrons. The Labute approximate surface area is 658 Å². The Bertz CT molecular complexity index is 4680. The van der Waals surface area contributed by atoms with Crippen molar-refractivity contribution in [3.05, 3.63) is 164 Å². The smallest absolute Gasteiger partial charge is 0.388 e. The molecule has 45 heteroatoms. The zero-order valence-electron chi connectivity index (χ0n) is 58.7. The van der Waals surface area contributed by atoms with Crippen molar-refractivity contribution >= 4 is 98.0 Å². The maximum atomic E-state index is 10.3. The van der Waals surface area contributed by atoms with Crippen LogP contribution in [0.4, 0.5) is 46.7 Å². The Morgan fingerprint density at radius 3 is 1.38 bits per heavy atom. The number of aliphatic hydroxyl groups is 8. The van der Waals surface area contributed by atoms with E-state index in [0.29, 0.717) is 94.5 Å². The van der Waals surface area contributed by atoms with Gasteiger partial charge in [0.25, 0.3) is 6.33 Å². The molecule has 42 nitrogen and oxygen atoms in total. The molecule has 0 amide bonds. The van der Waals surface area contributed by atoms with Crippen molar-refractivity contribution in [3.8, 4) is 0 Å². The zero-order valence-corrected chi connectivity index (χ0v) is 61.0. The number of halogens is 3. The van der Waals surface area contributed by atoms with Crippen molar-refractivity contribution in [1.29, 1.82) is 0 Å². The monoisotopic (exact) mass is 1620 g/mol. The van der Waals surface area contributed by atoms with Crippen molar-refractivity contribution in [2.75, 3.05) is 54.7 Å². The number of hydrogen-bond donors (Lipinski definition) is 13. The van der Waals surface area contributed by atoms with Crippen molar-refractivity contribution < 1.29 is 57.2 Å². The average Bonchev–Trinajstić information content (AvgIpc) is 1.67.